The molecule has 2 aliphatic rings. The van der Waals surface area contributed by atoms with Crippen molar-refractivity contribution in [1.82, 2.24) is 24.6 Å². The fourth-order valence-corrected chi connectivity index (χ4v) is 3.09. The number of urea groups is 1. The molecule has 114 valence electrons. The molecule has 0 aromatic carbocycles. The second kappa shape index (κ2) is 5.34. The Hall–Kier alpha value is -2.12. The molecule has 0 saturated carbocycles. The van der Waals surface area contributed by atoms with E-state index in [9.17, 15) is 9.59 Å². The van der Waals surface area contributed by atoms with Crippen molar-refractivity contribution in [3.8, 4) is 0 Å². The molecule has 2 aliphatic heterocycles. The van der Waals surface area contributed by atoms with Crippen LogP contribution in [0.25, 0.3) is 0 Å². The SMILES string of the molecule is CC1CC(C(=O)O)CCN1C(=O)N1CCn2cnnc2C1. The fraction of sp³-hybridized carbons (Fsp3) is 0.692. The highest BCUT2D eigenvalue weighted by molar-refractivity contribution is 5.76. The zero-order chi connectivity index (χ0) is 15.0. The lowest BCUT2D eigenvalue weighted by Gasteiger charge is -2.40. The van der Waals surface area contributed by atoms with E-state index in [1.54, 1.807) is 16.1 Å². The lowest BCUT2D eigenvalue weighted by atomic mass is 9.92. The number of carboxylic acids is 1. The van der Waals surface area contributed by atoms with E-state index >= 15 is 0 Å². The van der Waals surface area contributed by atoms with E-state index in [0.29, 0.717) is 39.0 Å². The van der Waals surface area contributed by atoms with Crippen LogP contribution in [0, 0.1) is 5.92 Å². The zero-order valence-electron chi connectivity index (χ0n) is 12.0. The van der Waals surface area contributed by atoms with Crippen LogP contribution in [0.4, 0.5) is 4.79 Å². The number of amides is 2. The summed E-state index contributed by atoms with van der Waals surface area (Å²) in [4.78, 5) is 27.2. The molecule has 0 aliphatic carbocycles. The molecule has 8 heteroatoms. The molecule has 2 amide bonds. The van der Waals surface area contributed by atoms with Crippen LogP contribution in [0.15, 0.2) is 6.33 Å². The third-order valence-corrected chi connectivity index (χ3v) is 4.38. The van der Waals surface area contributed by atoms with Crippen molar-refractivity contribution < 1.29 is 14.7 Å². The molecule has 2 unspecified atom stereocenters. The Bertz CT molecular complexity index is 558. The summed E-state index contributed by atoms with van der Waals surface area (Å²) in [7, 11) is 0. The molecule has 1 N–H and O–H groups in total. The van der Waals surface area contributed by atoms with E-state index < -0.39 is 5.97 Å². The number of fused-ring (bicyclic) bond motifs is 1. The number of aromatic nitrogens is 3. The average molecular weight is 293 g/mol. The van der Waals surface area contributed by atoms with Crippen LogP contribution >= 0.6 is 0 Å². The topological polar surface area (TPSA) is 91.6 Å². The third-order valence-electron chi connectivity index (χ3n) is 4.38. The summed E-state index contributed by atoms with van der Waals surface area (Å²) in [5.41, 5.74) is 0. The van der Waals surface area contributed by atoms with Crippen molar-refractivity contribution >= 4 is 12.0 Å². The first-order chi connectivity index (χ1) is 10.1. The molecule has 1 fully saturated rings. The van der Waals surface area contributed by atoms with Gasteiger partial charge in [-0.3, -0.25) is 4.79 Å². The number of carboxylic acid groups (broad SMARTS) is 1. The lowest BCUT2D eigenvalue weighted by molar-refractivity contribution is -0.143. The van der Waals surface area contributed by atoms with Crippen LogP contribution in [0.3, 0.4) is 0 Å². The minimum absolute atomic E-state index is 0.0272. The Balaban J connectivity index is 1.65. The van der Waals surface area contributed by atoms with Gasteiger partial charge in [0.15, 0.2) is 5.82 Å². The number of hydrogen-bond acceptors (Lipinski definition) is 4. The van der Waals surface area contributed by atoms with Crippen LogP contribution in [0.5, 0.6) is 0 Å². The molecule has 21 heavy (non-hydrogen) atoms. The van der Waals surface area contributed by atoms with Gasteiger partial charge in [-0.15, -0.1) is 10.2 Å². The summed E-state index contributed by atoms with van der Waals surface area (Å²) in [6.07, 6.45) is 2.72. The van der Waals surface area contributed by atoms with Gasteiger partial charge in [0.1, 0.15) is 6.33 Å². The van der Waals surface area contributed by atoms with Crippen molar-refractivity contribution in [2.45, 2.75) is 38.9 Å². The molecule has 0 radical (unpaired) electrons. The van der Waals surface area contributed by atoms with Gasteiger partial charge in [0.25, 0.3) is 0 Å². The maximum atomic E-state index is 12.6. The molecule has 3 rings (SSSR count). The fourth-order valence-electron chi connectivity index (χ4n) is 3.09. The van der Waals surface area contributed by atoms with Gasteiger partial charge < -0.3 is 19.5 Å². The van der Waals surface area contributed by atoms with Crippen molar-refractivity contribution in [2.75, 3.05) is 13.1 Å². The van der Waals surface area contributed by atoms with Crippen molar-refractivity contribution in [2.24, 2.45) is 5.92 Å². The normalized spacial score (nSPS) is 25.6. The first kappa shape index (κ1) is 13.8. The van der Waals surface area contributed by atoms with Crippen LogP contribution in [-0.2, 0) is 17.9 Å². The Morgan fingerprint density at radius 1 is 1.33 bits per heavy atom. The third kappa shape index (κ3) is 2.57. The second-order valence-corrected chi connectivity index (χ2v) is 5.75. The molecular weight excluding hydrogens is 274 g/mol. The van der Waals surface area contributed by atoms with E-state index in [4.69, 9.17) is 5.11 Å². The average Bonchev–Trinajstić information content (AvgIpc) is 2.93. The number of carbonyl (C=O) groups excluding carboxylic acids is 1. The summed E-state index contributed by atoms with van der Waals surface area (Å²) in [6.45, 7) is 4.22. The number of nitrogens with zero attached hydrogens (tertiary/aromatic N) is 5. The van der Waals surface area contributed by atoms with Crippen molar-refractivity contribution in [3.63, 3.8) is 0 Å². The van der Waals surface area contributed by atoms with Gasteiger partial charge in [-0.1, -0.05) is 0 Å². The molecular formula is C13H19N5O3. The van der Waals surface area contributed by atoms with E-state index in [-0.39, 0.29) is 18.0 Å². The molecule has 1 aromatic heterocycles. The van der Waals surface area contributed by atoms with Gasteiger partial charge in [-0.25, -0.2) is 4.79 Å². The molecule has 1 saturated heterocycles. The number of likely N-dealkylation sites (tertiary alicyclic amines) is 1. The molecule has 3 heterocycles. The Morgan fingerprint density at radius 3 is 2.86 bits per heavy atom. The maximum Gasteiger partial charge on any atom is 0.320 e. The molecule has 0 spiro atoms. The first-order valence-electron chi connectivity index (χ1n) is 7.21. The molecule has 2 atom stereocenters. The summed E-state index contributed by atoms with van der Waals surface area (Å²) in [6, 6.07) is -0.0762. The highest BCUT2D eigenvalue weighted by atomic mass is 16.4. The van der Waals surface area contributed by atoms with Crippen molar-refractivity contribution in [3.05, 3.63) is 12.2 Å². The summed E-state index contributed by atoms with van der Waals surface area (Å²) in [5, 5.41) is 16.9. The van der Waals surface area contributed by atoms with Gasteiger partial charge in [-0.2, -0.15) is 0 Å². The zero-order valence-corrected chi connectivity index (χ0v) is 12.0. The largest absolute Gasteiger partial charge is 0.481 e. The van der Waals surface area contributed by atoms with Crippen molar-refractivity contribution in [1.29, 1.82) is 0 Å². The predicted octanol–water partition coefficient (Wildman–Crippen LogP) is 0.399. The van der Waals surface area contributed by atoms with E-state index in [0.717, 1.165) is 5.82 Å². The minimum Gasteiger partial charge on any atom is -0.481 e. The first-order valence-corrected chi connectivity index (χ1v) is 7.21. The van der Waals surface area contributed by atoms with E-state index in [2.05, 4.69) is 10.2 Å². The van der Waals surface area contributed by atoms with Crippen LogP contribution in [0.2, 0.25) is 0 Å². The second-order valence-electron chi connectivity index (χ2n) is 5.75. The monoisotopic (exact) mass is 293 g/mol. The predicted molar refractivity (Wildman–Crippen MR) is 72.4 cm³/mol. The number of rotatable bonds is 1. The number of carbonyl (C=O) groups is 2. The van der Waals surface area contributed by atoms with E-state index in [1.807, 2.05) is 11.5 Å². The van der Waals surface area contributed by atoms with Gasteiger partial charge in [0, 0.05) is 25.7 Å². The highest BCUT2D eigenvalue weighted by Crippen LogP contribution is 2.25. The van der Waals surface area contributed by atoms with Gasteiger partial charge in [0.2, 0.25) is 0 Å². The van der Waals surface area contributed by atoms with Crippen LogP contribution in [-0.4, -0.2) is 60.8 Å². The Morgan fingerprint density at radius 2 is 2.14 bits per heavy atom. The Labute approximate surface area is 122 Å². The standard InChI is InChI=1S/C13H19N5O3/c1-9-6-10(12(19)20)2-3-18(9)13(21)16-4-5-17-8-14-15-11(17)7-16/h8-10H,2-7H2,1H3,(H,19,20). The summed E-state index contributed by atoms with van der Waals surface area (Å²) >= 11 is 0. The number of hydrogen-bond donors (Lipinski definition) is 1. The number of piperidine rings is 1. The van der Waals surface area contributed by atoms with Crippen LogP contribution < -0.4 is 0 Å². The summed E-state index contributed by atoms with van der Waals surface area (Å²) < 4.78 is 1.95. The summed E-state index contributed by atoms with van der Waals surface area (Å²) in [5.74, 6) is -0.309. The molecule has 0 bridgehead atoms. The maximum absolute atomic E-state index is 12.6. The highest BCUT2D eigenvalue weighted by Gasteiger charge is 2.35. The quantitative estimate of drug-likeness (QED) is 0.809. The van der Waals surface area contributed by atoms with Gasteiger partial charge >= 0.3 is 12.0 Å². The molecule has 1 aromatic rings. The van der Waals surface area contributed by atoms with E-state index in [1.165, 1.54) is 0 Å². The van der Waals surface area contributed by atoms with Crippen LogP contribution in [0.1, 0.15) is 25.6 Å². The van der Waals surface area contributed by atoms with Gasteiger partial charge in [-0.05, 0) is 19.8 Å². The number of aliphatic carboxylic acids is 1. The smallest absolute Gasteiger partial charge is 0.320 e. The minimum atomic E-state index is -0.764. The van der Waals surface area contributed by atoms with Gasteiger partial charge in [0.05, 0.1) is 12.5 Å². The lowest BCUT2D eigenvalue weighted by Crippen LogP contribution is -2.53. The Kier molecular flexibility index (Phi) is 3.52. The molecule has 8 nitrogen and oxygen atoms in total.